The Morgan fingerprint density at radius 1 is 1.26 bits per heavy atom. The number of likely N-dealkylation sites (tertiary alicyclic amines) is 1. The van der Waals surface area contributed by atoms with Gasteiger partial charge in [-0.2, -0.15) is 0 Å². The first-order chi connectivity index (χ1) is 11.1. The Balaban J connectivity index is 1.84. The van der Waals surface area contributed by atoms with Crippen LogP contribution in [0, 0.1) is 5.92 Å². The van der Waals surface area contributed by atoms with Crippen LogP contribution in [0.5, 0.6) is 0 Å². The van der Waals surface area contributed by atoms with Gasteiger partial charge in [-0.25, -0.2) is 0 Å². The molecule has 1 aromatic carbocycles. The van der Waals surface area contributed by atoms with Crippen LogP contribution < -0.4 is 11.1 Å². The number of rotatable bonds is 7. The molecule has 0 aromatic heterocycles. The zero-order chi connectivity index (χ0) is 16.7. The monoisotopic (exact) mass is 317 g/mol. The van der Waals surface area contributed by atoms with Gasteiger partial charge in [-0.3, -0.25) is 14.5 Å². The van der Waals surface area contributed by atoms with Gasteiger partial charge in [0.1, 0.15) is 0 Å². The predicted molar refractivity (Wildman–Crippen MR) is 90.6 cm³/mol. The summed E-state index contributed by atoms with van der Waals surface area (Å²) in [6, 6.07) is 10.2. The molecule has 0 unspecified atom stereocenters. The SMILES string of the molecule is CCC[C@@H](NC(=O)CN1CCC(C(N)=O)CC1)c1ccccc1. The van der Waals surface area contributed by atoms with E-state index in [-0.39, 0.29) is 23.8 Å². The van der Waals surface area contributed by atoms with Crippen LogP contribution in [0.15, 0.2) is 30.3 Å². The lowest BCUT2D eigenvalue weighted by molar-refractivity contribution is -0.124. The van der Waals surface area contributed by atoms with E-state index in [9.17, 15) is 9.59 Å². The molecule has 1 heterocycles. The van der Waals surface area contributed by atoms with Gasteiger partial charge in [0.25, 0.3) is 0 Å². The largest absolute Gasteiger partial charge is 0.369 e. The lowest BCUT2D eigenvalue weighted by Crippen LogP contribution is -2.44. The number of benzene rings is 1. The minimum atomic E-state index is -0.221. The predicted octanol–water partition coefficient (Wildman–Crippen LogP) is 1.84. The summed E-state index contributed by atoms with van der Waals surface area (Å²) in [5, 5.41) is 3.14. The molecule has 0 bridgehead atoms. The van der Waals surface area contributed by atoms with Crippen LogP contribution in [0.1, 0.15) is 44.2 Å². The van der Waals surface area contributed by atoms with Crippen LogP contribution in [0.3, 0.4) is 0 Å². The zero-order valence-electron chi connectivity index (χ0n) is 13.8. The summed E-state index contributed by atoms with van der Waals surface area (Å²) < 4.78 is 0. The van der Waals surface area contributed by atoms with Crippen molar-refractivity contribution >= 4 is 11.8 Å². The Morgan fingerprint density at radius 3 is 2.48 bits per heavy atom. The van der Waals surface area contributed by atoms with Gasteiger partial charge in [0.05, 0.1) is 12.6 Å². The second kappa shape index (κ2) is 8.67. The van der Waals surface area contributed by atoms with E-state index >= 15 is 0 Å². The van der Waals surface area contributed by atoms with E-state index in [1.165, 1.54) is 0 Å². The first-order valence-electron chi connectivity index (χ1n) is 8.46. The zero-order valence-corrected chi connectivity index (χ0v) is 13.8. The van der Waals surface area contributed by atoms with Crippen LogP contribution in [0.25, 0.3) is 0 Å². The van der Waals surface area contributed by atoms with Crippen molar-refractivity contribution in [1.82, 2.24) is 10.2 Å². The highest BCUT2D eigenvalue weighted by Crippen LogP contribution is 2.19. The number of hydrogen-bond donors (Lipinski definition) is 2. The summed E-state index contributed by atoms with van der Waals surface area (Å²) in [4.78, 5) is 25.6. The molecule has 23 heavy (non-hydrogen) atoms. The molecular weight excluding hydrogens is 290 g/mol. The Hall–Kier alpha value is -1.88. The number of amides is 2. The van der Waals surface area contributed by atoms with Crippen molar-refractivity contribution < 1.29 is 9.59 Å². The van der Waals surface area contributed by atoms with E-state index in [1.54, 1.807) is 0 Å². The maximum Gasteiger partial charge on any atom is 0.234 e. The summed E-state index contributed by atoms with van der Waals surface area (Å²) in [5.74, 6) is -0.211. The van der Waals surface area contributed by atoms with E-state index in [1.807, 2.05) is 18.2 Å². The average molecular weight is 317 g/mol. The van der Waals surface area contributed by atoms with Crippen LogP contribution in [0.4, 0.5) is 0 Å². The second-order valence-corrected chi connectivity index (χ2v) is 6.27. The molecule has 5 heteroatoms. The van der Waals surface area contributed by atoms with Gasteiger partial charge in [0, 0.05) is 5.92 Å². The third-order valence-corrected chi connectivity index (χ3v) is 4.47. The molecule has 1 aromatic rings. The van der Waals surface area contributed by atoms with Crippen LogP contribution in [0.2, 0.25) is 0 Å². The molecule has 0 aliphatic carbocycles. The number of primary amides is 1. The van der Waals surface area contributed by atoms with Crippen molar-refractivity contribution in [2.75, 3.05) is 19.6 Å². The molecule has 0 radical (unpaired) electrons. The minimum Gasteiger partial charge on any atom is -0.369 e. The maximum absolute atomic E-state index is 12.3. The summed E-state index contributed by atoms with van der Waals surface area (Å²) in [6.07, 6.45) is 3.45. The van der Waals surface area contributed by atoms with Gasteiger partial charge < -0.3 is 11.1 Å². The third-order valence-electron chi connectivity index (χ3n) is 4.47. The smallest absolute Gasteiger partial charge is 0.234 e. The normalized spacial score (nSPS) is 17.6. The van der Waals surface area contributed by atoms with E-state index in [2.05, 4.69) is 29.3 Å². The summed E-state index contributed by atoms with van der Waals surface area (Å²) >= 11 is 0. The number of nitrogens with one attached hydrogen (secondary N) is 1. The highest BCUT2D eigenvalue weighted by molar-refractivity contribution is 5.79. The molecule has 1 fully saturated rings. The Labute approximate surface area is 138 Å². The van der Waals surface area contributed by atoms with Crippen molar-refractivity contribution in [3.8, 4) is 0 Å². The van der Waals surface area contributed by atoms with Gasteiger partial charge in [-0.05, 0) is 37.9 Å². The molecule has 1 saturated heterocycles. The average Bonchev–Trinajstić information content (AvgIpc) is 2.55. The van der Waals surface area contributed by atoms with Crippen LogP contribution >= 0.6 is 0 Å². The fraction of sp³-hybridized carbons (Fsp3) is 0.556. The van der Waals surface area contributed by atoms with Crippen LogP contribution in [-0.2, 0) is 9.59 Å². The first-order valence-corrected chi connectivity index (χ1v) is 8.46. The summed E-state index contributed by atoms with van der Waals surface area (Å²) in [5.41, 5.74) is 6.49. The van der Waals surface area contributed by atoms with Crippen molar-refractivity contribution in [3.63, 3.8) is 0 Å². The lowest BCUT2D eigenvalue weighted by atomic mass is 9.96. The highest BCUT2D eigenvalue weighted by atomic mass is 16.2. The van der Waals surface area contributed by atoms with Gasteiger partial charge in [-0.15, -0.1) is 0 Å². The van der Waals surface area contributed by atoms with E-state index in [4.69, 9.17) is 5.73 Å². The molecule has 2 rings (SSSR count). The van der Waals surface area contributed by atoms with Crippen LogP contribution in [-0.4, -0.2) is 36.3 Å². The number of carbonyl (C=O) groups excluding carboxylic acids is 2. The highest BCUT2D eigenvalue weighted by Gasteiger charge is 2.24. The van der Waals surface area contributed by atoms with Gasteiger partial charge in [0.15, 0.2) is 0 Å². The van der Waals surface area contributed by atoms with Gasteiger partial charge in [0.2, 0.25) is 11.8 Å². The van der Waals surface area contributed by atoms with E-state index in [0.29, 0.717) is 6.54 Å². The van der Waals surface area contributed by atoms with E-state index < -0.39 is 0 Å². The number of hydrogen-bond acceptors (Lipinski definition) is 3. The van der Waals surface area contributed by atoms with Crippen molar-refractivity contribution in [2.24, 2.45) is 11.7 Å². The number of piperidine rings is 1. The minimum absolute atomic E-state index is 0.0357. The maximum atomic E-state index is 12.3. The molecule has 2 amide bonds. The molecule has 1 aliphatic heterocycles. The molecule has 0 spiro atoms. The second-order valence-electron chi connectivity index (χ2n) is 6.27. The quantitative estimate of drug-likeness (QED) is 0.806. The first kappa shape index (κ1) is 17.5. The number of nitrogens with zero attached hydrogens (tertiary/aromatic N) is 1. The Morgan fingerprint density at radius 2 is 1.91 bits per heavy atom. The Bertz CT molecular complexity index is 510. The molecule has 0 saturated carbocycles. The van der Waals surface area contributed by atoms with Crippen molar-refractivity contribution in [2.45, 2.75) is 38.6 Å². The Kier molecular flexibility index (Phi) is 6.59. The fourth-order valence-electron chi connectivity index (χ4n) is 3.11. The van der Waals surface area contributed by atoms with Crippen molar-refractivity contribution in [3.05, 3.63) is 35.9 Å². The molecule has 3 N–H and O–H groups in total. The fourth-order valence-corrected chi connectivity index (χ4v) is 3.11. The third kappa shape index (κ3) is 5.36. The molecule has 5 nitrogen and oxygen atoms in total. The summed E-state index contributed by atoms with van der Waals surface area (Å²) in [6.45, 7) is 4.02. The summed E-state index contributed by atoms with van der Waals surface area (Å²) in [7, 11) is 0. The molecule has 1 aliphatic rings. The van der Waals surface area contributed by atoms with Gasteiger partial charge >= 0.3 is 0 Å². The lowest BCUT2D eigenvalue weighted by Gasteiger charge is -2.30. The molecular formula is C18H27N3O2. The van der Waals surface area contributed by atoms with Crippen molar-refractivity contribution in [1.29, 1.82) is 0 Å². The topological polar surface area (TPSA) is 75.4 Å². The van der Waals surface area contributed by atoms with E-state index in [0.717, 1.165) is 44.3 Å². The van der Waals surface area contributed by atoms with Gasteiger partial charge in [-0.1, -0.05) is 43.7 Å². The number of carbonyl (C=O) groups is 2. The number of nitrogens with two attached hydrogens (primary N) is 1. The molecule has 1 atom stereocenters. The standard InChI is InChI=1S/C18H27N3O2/c1-2-6-16(14-7-4-3-5-8-14)20-17(22)13-21-11-9-15(10-12-21)18(19)23/h3-5,7-8,15-16H,2,6,9-13H2,1H3,(H2,19,23)(H,20,22)/t16-/m1/s1. The molecule has 126 valence electrons.